The molecular formula is C16H17FN2O3. The lowest BCUT2D eigenvalue weighted by Gasteiger charge is -2.18. The molecule has 5 nitrogen and oxygen atoms in total. The van der Waals surface area contributed by atoms with Crippen LogP contribution < -0.4 is 5.32 Å². The normalized spacial score (nSPS) is 12.1. The first-order chi connectivity index (χ1) is 10.6. The van der Waals surface area contributed by atoms with Gasteiger partial charge in [0.15, 0.2) is 0 Å². The smallest absolute Gasteiger partial charge is 0.272 e. The molecule has 0 saturated heterocycles. The van der Waals surface area contributed by atoms with E-state index in [1.807, 2.05) is 30.3 Å². The van der Waals surface area contributed by atoms with Gasteiger partial charge in [-0.15, -0.1) is 0 Å². The first-order valence-corrected chi connectivity index (χ1v) is 6.94. The van der Waals surface area contributed by atoms with Crippen LogP contribution in [0.5, 0.6) is 0 Å². The highest BCUT2D eigenvalue weighted by atomic mass is 19.1. The van der Waals surface area contributed by atoms with Gasteiger partial charge in [-0.3, -0.25) is 10.1 Å². The molecule has 2 aromatic rings. The van der Waals surface area contributed by atoms with Crippen LogP contribution in [-0.2, 0) is 6.54 Å². The summed E-state index contributed by atoms with van der Waals surface area (Å²) in [6, 6.07) is 13.0. The zero-order valence-electron chi connectivity index (χ0n) is 11.9. The third-order valence-corrected chi connectivity index (χ3v) is 3.41. The van der Waals surface area contributed by atoms with E-state index in [9.17, 15) is 14.5 Å². The lowest BCUT2D eigenvalue weighted by atomic mass is 10.0. The molecule has 0 aliphatic rings. The molecule has 22 heavy (non-hydrogen) atoms. The van der Waals surface area contributed by atoms with Crippen molar-refractivity contribution in [1.29, 1.82) is 0 Å². The van der Waals surface area contributed by atoms with Gasteiger partial charge in [-0.25, -0.2) is 4.39 Å². The molecule has 2 rings (SSSR count). The van der Waals surface area contributed by atoms with Crippen molar-refractivity contribution in [3.63, 3.8) is 0 Å². The Balaban J connectivity index is 2.08. The Labute approximate surface area is 127 Å². The number of non-ortho nitro benzene ring substituents is 1. The molecule has 0 heterocycles. The highest BCUT2D eigenvalue weighted by molar-refractivity contribution is 5.34. The van der Waals surface area contributed by atoms with Gasteiger partial charge in [0, 0.05) is 30.8 Å². The Kier molecular flexibility index (Phi) is 5.57. The summed E-state index contributed by atoms with van der Waals surface area (Å²) in [5, 5.41) is 22.9. The fourth-order valence-corrected chi connectivity index (χ4v) is 2.23. The predicted molar refractivity (Wildman–Crippen MR) is 80.8 cm³/mol. The molecule has 0 aliphatic carbocycles. The number of nitrogens with one attached hydrogen (secondary N) is 1. The first kappa shape index (κ1) is 16.1. The number of aliphatic hydroxyl groups excluding tert-OH is 1. The molecule has 2 aromatic carbocycles. The highest BCUT2D eigenvalue weighted by Crippen LogP contribution is 2.20. The Morgan fingerprint density at radius 3 is 2.55 bits per heavy atom. The van der Waals surface area contributed by atoms with E-state index < -0.39 is 10.7 Å². The summed E-state index contributed by atoms with van der Waals surface area (Å²) < 4.78 is 13.9. The quantitative estimate of drug-likeness (QED) is 0.609. The molecule has 2 N–H and O–H groups in total. The van der Waals surface area contributed by atoms with Gasteiger partial charge in [0.25, 0.3) is 5.69 Å². The van der Waals surface area contributed by atoms with Crippen LogP contribution in [-0.4, -0.2) is 16.6 Å². The van der Waals surface area contributed by atoms with Gasteiger partial charge in [-0.2, -0.15) is 0 Å². The highest BCUT2D eigenvalue weighted by Gasteiger charge is 2.14. The maximum absolute atomic E-state index is 13.9. The van der Waals surface area contributed by atoms with Gasteiger partial charge < -0.3 is 10.4 Å². The number of rotatable bonds is 7. The number of benzene rings is 2. The zero-order valence-corrected chi connectivity index (χ0v) is 11.9. The van der Waals surface area contributed by atoms with E-state index in [1.165, 1.54) is 12.1 Å². The molecule has 116 valence electrons. The number of nitro groups is 1. The first-order valence-electron chi connectivity index (χ1n) is 6.94. The Morgan fingerprint density at radius 1 is 1.23 bits per heavy atom. The largest absolute Gasteiger partial charge is 0.396 e. The second-order valence-corrected chi connectivity index (χ2v) is 4.89. The van der Waals surface area contributed by atoms with E-state index >= 15 is 0 Å². The van der Waals surface area contributed by atoms with Crippen molar-refractivity contribution in [3.8, 4) is 0 Å². The van der Waals surface area contributed by atoms with Crippen LogP contribution in [0.25, 0.3) is 0 Å². The van der Waals surface area contributed by atoms with Crippen LogP contribution in [0.15, 0.2) is 48.5 Å². The predicted octanol–water partition coefficient (Wildman–Crippen LogP) is 2.95. The number of hydrogen-bond donors (Lipinski definition) is 2. The van der Waals surface area contributed by atoms with E-state index in [-0.39, 0.29) is 24.9 Å². The van der Waals surface area contributed by atoms with Crippen molar-refractivity contribution in [2.45, 2.75) is 19.0 Å². The van der Waals surface area contributed by atoms with E-state index in [1.54, 1.807) is 0 Å². The molecular weight excluding hydrogens is 287 g/mol. The lowest BCUT2D eigenvalue weighted by molar-refractivity contribution is -0.385. The fraction of sp³-hybridized carbons (Fsp3) is 0.250. The number of halogens is 1. The molecule has 1 unspecified atom stereocenters. The average molecular weight is 304 g/mol. The second kappa shape index (κ2) is 7.63. The summed E-state index contributed by atoms with van der Waals surface area (Å²) in [6.45, 7) is 0.235. The second-order valence-electron chi connectivity index (χ2n) is 4.89. The minimum absolute atomic E-state index is 0.00923. The maximum Gasteiger partial charge on any atom is 0.272 e. The number of nitro benzene ring substituents is 1. The molecule has 0 saturated carbocycles. The van der Waals surface area contributed by atoms with Crippen molar-refractivity contribution in [2.24, 2.45) is 0 Å². The molecule has 0 aromatic heterocycles. The summed E-state index contributed by atoms with van der Waals surface area (Å²) in [7, 11) is 0. The van der Waals surface area contributed by atoms with Gasteiger partial charge in [-0.1, -0.05) is 30.3 Å². The van der Waals surface area contributed by atoms with Crippen molar-refractivity contribution < 1.29 is 14.4 Å². The zero-order chi connectivity index (χ0) is 15.9. The van der Waals surface area contributed by atoms with Gasteiger partial charge in [-0.05, 0) is 18.1 Å². The molecule has 6 heteroatoms. The standard InChI is InChI=1S/C16H17FN2O3/c17-15-10-14(19(21)22)7-6-13(15)11-18-16(8-9-20)12-4-2-1-3-5-12/h1-7,10,16,18,20H,8-9,11H2. The topological polar surface area (TPSA) is 75.4 Å². The van der Waals surface area contributed by atoms with Crippen LogP contribution >= 0.6 is 0 Å². The van der Waals surface area contributed by atoms with Crippen LogP contribution in [0.4, 0.5) is 10.1 Å². The van der Waals surface area contributed by atoms with E-state index in [0.717, 1.165) is 11.6 Å². The summed E-state index contributed by atoms with van der Waals surface area (Å²) in [4.78, 5) is 9.97. The van der Waals surface area contributed by atoms with Crippen LogP contribution in [0.3, 0.4) is 0 Å². The van der Waals surface area contributed by atoms with Gasteiger partial charge in [0.1, 0.15) is 5.82 Å². The molecule has 1 atom stereocenters. The monoisotopic (exact) mass is 304 g/mol. The summed E-state index contributed by atoms with van der Waals surface area (Å²) in [6.07, 6.45) is 0.499. The Bertz CT molecular complexity index is 635. The third kappa shape index (κ3) is 4.09. The Morgan fingerprint density at radius 2 is 1.95 bits per heavy atom. The number of nitrogens with zero attached hydrogens (tertiary/aromatic N) is 1. The molecule has 0 bridgehead atoms. The van der Waals surface area contributed by atoms with Crippen molar-refractivity contribution in [3.05, 3.63) is 75.6 Å². The molecule has 0 radical (unpaired) electrons. The average Bonchev–Trinajstić information content (AvgIpc) is 2.53. The Hall–Kier alpha value is -2.31. The van der Waals surface area contributed by atoms with E-state index in [2.05, 4.69) is 5.32 Å². The van der Waals surface area contributed by atoms with E-state index in [4.69, 9.17) is 5.11 Å². The van der Waals surface area contributed by atoms with E-state index in [0.29, 0.717) is 12.0 Å². The van der Waals surface area contributed by atoms with Crippen LogP contribution in [0, 0.1) is 15.9 Å². The van der Waals surface area contributed by atoms with Gasteiger partial charge >= 0.3 is 0 Å². The summed E-state index contributed by atoms with van der Waals surface area (Å²) in [5.41, 5.74) is 1.08. The van der Waals surface area contributed by atoms with Crippen molar-refractivity contribution in [1.82, 2.24) is 5.32 Å². The number of aliphatic hydroxyl groups is 1. The van der Waals surface area contributed by atoms with Crippen molar-refractivity contribution in [2.75, 3.05) is 6.61 Å². The third-order valence-electron chi connectivity index (χ3n) is 3.41. The fourth-order valence-electron chi connectivity index (χ4n) is 2.23. The molecule has 0 amide bonds. The van der Waals surface area contributed by atoms with Gasteiger partial charge in [0.05, 0.1) is 11.0 Å². The van der Waals surface area contributed by atoms with Crippen molar-refractivity contribution >= 4 is 5.69 Å². The molecule has 0 spiro atoms. The van der Waals surface area contributed by atoms with Crippen LogP contribution in [0.1, 0.15) is 23.6 Å². The maximum atomic E-state index is 13.9. The minimum Gasteiger partial charge on any atom is -0.396 e. The minimum atomic E-state index is -0.626. The lowest BCUT2D eigenvalue weighted by Crippen LogP contribution is -2.22. The summed E-state index contributed by atoms with van der Waals surface area (Å²) in [5.74, 6) is -0.613. The van der Waals surface area contributed by atoms with Gasteiger partial charge in [0.2, 0.25) is 0 Å². The SMILES string of the molecule is O=[N+]([O-])c1ccc(CNC(CCO)c2ccccc2)c(F)c1. The number of hydrogen-bond acceptors (Lipinski definition) is 4. The van der Waals surface area contributed by atoms with Crippen LogP contribution in [0.2, 0.25) is 0 Å². The molecule has 0 fully saturated rings. The summed E-state index contributed by atoms with van der Waals surface area (Å²) >= 11 is 0. The molecule has 0 aliphatic heterocycles.